The van der Waals surface area contributed by atoms with Crippen LogP contribution in [0.4, 0.5) is 5.69 Å². The molecular weight excluding hydrogens is 252 g/mol. The highest BCUT2D eigenvalue weighted by molar-refractivity contribution is 5.93. The number of nitrogens with one attached hydrogen (secondary N) is 2. The van der Waals surface area contributed by atoms with Gasteiger partial charge >= 0.3 is 0 Å². The number of anilines is 1. The van der Waals surface area contributed by atoms with Gasteiger partial charge in [0.1, 0.15) is 5.75 Å². The molecule has 0 radical (unpaired) electrons. The molecule has 1 aromatic carbocycles. The van der Waals surface area contributed by atoms with Crippen LogP contribution in [0, 0.1) is 5.92 Å². The lowest BCUT2D eigenvalue weighted by molar-refractivity contribution is -0.120. The molecule has 2 saturated heterocycles. The number of hydrogen-bond acceptors (Lipinski definition) is 3. The average Bonchev–Trinajstić information content (AvgIpc) is 3.08. The zero-order valence-corrected chi connectivity index (χ0v) is 11.9. The second kappa shape index (κ2) is 5.83. The predicted molar refractivity (Wildman–Crippen MR) is 78.9 cm³/mol. The van der Waals surface area contributed by atoms with Crippen molar-refractivity contribution in [2.24, 2.45) is 5.92 Å². The molecule has 20 heavy (non-hydrogen) atoms. The maximum Gasteiger partial charge on any atom is 0.229 e. The van der Waals surface area contributed by atoms with Crippen molar-refractivity contribution in [1.29, 1.82) is 0 Å². The van der Waals surface area contributed by atoms with Gasteiger partial charge in [0.25, 0.3) is 0 Å². The van der Waals surface area contributed by atoms with Crippen LogP contribution in [0.5, 0.6) is 5.75 Å². The molecule has 0 saturated carbocycles. The second-order valence-electron chi connectivity index (χ2n) is 5.76. The van der Waals surface area contributed by atoms with Crippen LogP contribution in [-0.4, -0.2) is 24.6 Å². The lowest BCUT2D eigenvalue weighted by Gasteiger charge is -2.19. The van der Waals surface area contributed by atoms with Crippen molar-refractivity contribution >= 4 is 11.6 Å². The molecule has 4 heteroatoms. The first-order valence-corrected chi connectivity index (χ1v) is 7.56. The Morgan fingerprint density at radius 2 is 2.35 bits per heavy atom. The predicted octanol–water partition coefficient (Wildman–Crippen LogP) is 2.55. The number of carbonyl (C=O) groups is 1. The van der Waals surface area contributed by atoms with Crippen LogP contribution in [0.2, 0.25) is 0 Å². The molecule has 3 unspecified atom stereocenters. The van der Waals surface area contributed by atoms with Crippen molar-refractivity contribution in [2.45, 2.75) is 44.7 Å². The summed E-state index contributed by atoms with van der Waals surface area (Å²) in [6, 6.07) is 8.57. The minimum atomic E-state index is 0.119. The fourth-order valence-electron chi connectivity index (χ4n) is 3.23. The molecule has 2 fully saturated rings. The van der Waals surface area contributed by atoms with E-state index in [-0.39, 0.29) is 11.8 Å². The summed E-state index contributed by atoms with van der Waals surface area (Å²) in [6.07, 6.45) is 4.30. The molecule has 4 nitrogen and oxygen atoms in total. The highest BCUT2D eigenvalue weighted by Crippen LogP contribution is 2.34. The van der Waals surface area contributed by atoms with Crippen molar-refractivity contribution < 1.29 is 9.53 Å². The largest absolute Gasteiger partial charge is 0.494 e. The van der Waals surface area contributed by atoms with Gasteiger partial charge in [-0.1, -0.05) is 13.0 Å². The van der Waals surface area contributed by atoms with E-state index in [0.29, 0.717) is 18.7 Å². The Balaban J connectivity index is 1.61. The lowest BCUT2D eigenvalue weighted by Crippen LogP contribution is -2.32. The first-order chi connectivity index (χ1) is 9.76. The summed E-state index contributed by atoms with van der Waals surface area (Å²) >= 11 is 0. The molecule has 1 amide bonds. The van der Waals surface area contributed by atoms with E-state index in [1.54, 1.807) is 0 Å². The van der Waals surface area contributed by atoms with Gasteiger partial charge in [-0.2, -0.15) is 0 Å². The summed E-state index contributed by atoms with van der Waals surface area (Å²) < 4.78 is 5.59. The zero-order valence-electron chi connectivity index (χ0n) is 11.9. The van der Waals surface area contributed by atoms with E-state index in [0.717, 1.165) is 30.7 Å². The van der Waals surface area contributed by atoms with Gasteiger partial charge in [-0.05, 0) is 37.8 Å². The Kier molecular flexibility index (Phi) is 3.92. The van der Waals surface area contributed by atoms with E-state index < -0.39 is 0 Å². The Labute approximate surface area is 119 Å². The topological polar surface area (TPSA) is 50.4 Å². The number of carbonyl (C=O) groups excluding carboxylic acids is 1. The highest BCUT2D eigenvalue weighted by Gasteiger charge is 2.42. The van der Waals surface area contributed by atoms with E-state index in [9.17, 15) is 4.79 Å². The molecule has 3 atom stereocenters. The maximum absolute atomic E-state index is 12.3. The monoisotopic (exact) mass is 274 g/mol. The zero-order chi connectivity index (χ0) is 13.9. The van der Waals surface area contributed by atoms with Crippen LogP contribution in [0.25, 0.3) is 0 Å². The van der Waals surface area contributed by atoms with Gasteiger partial charge in [0.2, 0.25) is 5.91 Å². The van der Waals surface area contributed by atoms with Gasteiger partial charge in [0, 0.05) is 23.8 Å². The van der Waals surface area contributed by atoms with Crippen LogP contribution >= 0.6 is 0 Å². The molecule has 2 heterocycles. The molecule has 2 bridgehead atoms. The second-order valence-corrected chi connectivity index (χ2v) is 5.76. The lowest BCUT2D eigenvalue weighted by atomic mass is 9.88. The number of amides is 1. The van der Waals surface area contributed by atoms with E-state index in [2.05, 4.69) is 17.6 Å². The summed E-state index contributed by atoms with van der Waals surface area (Å²) in [5, 5.41) is 6.52. The number of fused-ring (bicyclic) bond motifs is 2. The molecule has 0 spiro atoms. The Morgan fingerprint density at radius 1 is 1.45 bits per heavy atom. The Morgan fingerprint density at radius 3 is 3.05 bits per heavy atom. The molecule has 0 aromatic heterocycles. The molecule has 2 aliphatic heterocycles. The third-order valence-electron chi connectivity index (χ3n) is 4.21. The third-order valence-corrected chi connectivity index (χ3v) is 4.21. The van der Waals surface area contributed by atoms with E-state index in [1.165, 1.54) is 6.42 Å². The van der Waals surface area contributed by atoms with Crippen molar-refractivity contribution in [3.63, 3.8) is 0 Å². The quantitative estimate of drug-likeness (QED) is 0.867. The molecule has 2 N–H and O–H groups in total. The van der Waals surface area contributed by atoms with Crippen molar-refractivity contribution in [1.82, 2.24) is 5.32 Å². The van der Waals surface area contributed by atoms with Crippen LogP contribution in [0.3, 0.4) is 0 Å². The summed E-state index contributed by atoms with van der Waals surface area (Å²) in [7, 11) is 0. The fourth-order valence-corrected chi connectivity index (χ4v) is 3.23. The first kappa shape index (κ1) is 13.4. The van der Waals surface area contributed by atoms with Gasteiger partial charge in [-0.3, -0.25) is 4.79 Å². The maximum atomic E-state index is 12.3. The summed E-state index contributed by atoms with van der Waals surface area (Å²) in [5.74, 6) is 1.07. The summed E-state index contributed by atoms with van der Waals surface area (Å²) in [5.41, 5.74) is 0.825. The van der Waals surface area contributed by atoms with Gasteiger partial charge in [0.15, 0.2) is 0 Å². The summed E-state index contributed by atoms with van der Waals surface area (Å²) in [4.78, 5) is 12.3. The van der Waals surface area contributed by atoms with Gasteiger partial charge in [-0.25, -0.2) is 0 Å². The van der Waals surface area contributed by atoms with Crippen LogP contribution < -0.4 is 15.4 Å². The highest BCUT2D eigenvalue weighted by atomic mass is 16.5. The SMILES string of the molecule is CCCOc1cccc(NC(=O)C2CC3CCC2N3)c1. The summed E-state index contributed by atoms with van der Waals surface area (Å²) in [6.45, 7) is 2.78. The van der Waals surface area contributed by atoms with Gasteiger partial charge in [-0.15, -0.1) is 0 Å². The van der Waals surface area contributed by atoms with Crippen LogP contribution in [-0.2, 0) is 4.79 Å². The van der Waals surface area contributed by atoms with Gasteiger partial charge in [0.05, 0.1) is 12.5 Å². The fraction of sp³-hybridized carbons (Fsp3) is 0.562. The molecular formula is C16H22N2O2. The number of rotatable bonds is 5. The Hall–Kier alpha value is -1.55. The average molecular weight is 274 g/mol. The van der Waals surface area contributed by atoms with E-state index >= 15 is 0 Å². The molecule has 108 valence electrons. The van der Waals surface area contributed by atoms with Crippen LogP contribution in [0.1, 0.15) is 32.6 Å². The van der Waals surface area contributed by atoms with E-state index in [4.69, 9.17) is 4.74 Å². The normalized spacial score (nSPS) is 27.6. The number of hydrogen-bond donors (Lipinski definition) is 2. The number of benzene rings is 1. The van der Waals surface area contributed by atoms with Crippen molar-refractivity contribution in [2.75, 3.05) is 11.9 Å². The Bertz CT molecular complexity index is 489. The minimum absolute atomic E-state index is 0.119. The molecule has 3 rings (SSSR count). The smallest absolute Gasteiger partial charge is 0.229 e. The van der Waals surface area contributed by atoms with Crippen molar-refractivity contribution in [3.8, 4) is 5.75 Å². The molecule has 1 aromatic rings. The van der Waals surface area contributed by atoms with Gasteiger partial charge < -0.3 is 15.4 Å². The molecule has 0 aliphatic carbocycles. The van der Waals surface area contributed by atoms with Crippen LogP contribution in [0.15, 0.2) is 24.3 Å². The first-order valence-electron chi connectivity index (χ1n) is 7.56. The third kappa shape index (κ3) is 2.80. The van der Waals surface area contributed by atoms with E-state index in [1.807, 2.05) is 24.3 Å². The van der Waals surface area contributed by atoms with Crippen molar-refractivity contribution in [3.05, 3.63) is 24.3 Å². The molecule has 2 aliphatic rings. The standard InChI is InChI=1S/C16H22N2O2/c1-2-8-20-13-5-3-4-11(9-13)18-16(19)14-10-12-6-7-15(14)17-12/h3-5,9,12,14-15,17H,2,6-8,10H2,1H3,(H,18,19). The minimum Gasteiger partial charge on any atom is -0.494 e. The number of ether oxygens (including phenoxy) is 1.